The van der Waals surface area contributed by atoms with Gasteiger partial charge < -0.3 is 5.11 Å². The first kappa shape index (κ1) is 10.1. The molecular weight excluding hydrogens is 208 g/mol. The molecule has 0 aliphatic rings. The molecule has 2 rings (SSSR count). The lowest BCUT2D eigenvalue weighted by Gasteiger charge is -2.07. The molecule has 0 aliphatic carbocycles. The first-order chi connectivity index (χ1) is 7.31. The molecule has 1 atom stereocenters. The van der Waals surface area contributed by atoms with Gasteiger partial charge in [0.05, 0.1) is 0 Å². The van der Waals surface area contributed by atoms with Crippen molar-refractivity contribution in [3.8, 4) is 0 Å². The van der Waals surface area contributed by atoms with E-state index in [1.165, 1.54) is 11.3 Å². The summed E-state index contributed by atoms with van der Waals surface area (Å²) in [6.45, 7) is 0. The Labute approximate surface area is 91.8 Å². The molecule has 0 radical (unpaired) electrons. The Morgan fingerprint density at radius 2 is 2.00 bits per heavy atom. The van der Waals surface area contributed by atoms with Crippen molar-refractivity contribution in [1.29, 1.82) is 0 Å². The maximum Gasteiger partial charge on any atom is 0.150 e. The van der Waals surface area contributed by atoms with Crippen molar-refractivity contribution in [2.45, 2.75) is 6.10 Å². The Balaban J connectivity index is 2.28. The van der Waals surface area contributed by atoms with Crippen molar-refractivity contribution >= 4 is 17.6 Å². The summed E-state index contributed by atoms with van der Waals surface area (Å²) in [5, 5.41) is 11.7. The minimum Gasteiger partial charge on any atom is -0.383 e. The molecule has 1 aromatic carbocycles. The van der Waals surface area contributed by atoms with Gasteiger partial charge in [-0.25, -0.2) is 0 Å². The van der Waals surface area contributed by atoms with Gasteiger partial charge in [-0.2, -0.15) is 0 Å². The van der Waals surface area contributed by atoms with Gasteiger partial charge in [0.1, 0.15) is 6.10 Å². The first-order valence-corrected chi connectivity index (χ1v) is 5.46. The smallest absolute Gasteiger partial charge is 0.150 e. The van der Waals surface area contributed by atoms with Crippen LogP contribution in [0.3, 0.4) is 0 Å². The van der Waals surface area contributed by atoms with Gasteiger partial charge in [-0.1, -0.05) is 30.3 Å². The van der Waals surface area contributed by atoms with E-state index in [0.29, 0.717) is 5.56 Å². The molecule has 1 aromatic heterocycles. The highest BCUT2D eigenvalue weighted by Gasteiger charge is 2.11. The first-order valence-electron chi connectivity index (χ1n) is 4.58. The summed E-state index contributed by atoms with van der Waals surface area (Å²) in [5.41, 5.74) is 1.46. The van der Waals surface area contributed by atoms with Crippen LogP contribution >= 0.6 is 11.3 Å². The molecule has 1 unspecified atom stereocenters. The third-order valence-corrected chi connectivity index (χ3v) is 3.16. The van der Waals surface area contributed by atoms with Gasteiger partial charge in [-0.3, -0.25) is 4.79 Å². The van der Waals surface area contributed by atoms with Crippen LogP contribution in [0, 0.1) is 0 Å². The standard InChI is InChI=1S/C12H10O2S/c13-7-9-6-11(15-8-9)12(14)10-4-2-1-3-5-10/h1-8,12,14H. The average molecular weight is 218 g/mol. The number of hydrogen-bond donors (Lipinski definition) is 1. The molecule has 0 saturated heterocycles. The zero-order valence-electron chi connectivity index (χ0n) is 7.96. The normalized spacial score (nSPS) is 12.3. The van der Waals surface area contributed by atoms with E-state index in [-0.39, 0.29) is 0 Å². The summed E-state index contributed by atoms with van der Waals surface area (Å²) in [7, 11) is 0. The van der Waals surface area contributed by atoms with Crippen LogP contribution in [-0.4, -0.2) is 11.4 Å². The Bertz CT molecular complexity index is 448. The number of aliphatic hydroxyl groups excluding tert-OH is 1. The van der Waals surface area contributed by atoms with E-state index in [9.17, 15) is 9.90 Å². The van der Waals surface area contributed by atoms with E-state index in [0.717, 1.165) is 16.7 Å². The van der Waals surface area contributed by atoms with Gasteiger partial charge in [-0.15, -0.1) is 11.3 Å². The highest BCUT2D eigenvalue weighted by molar-refractivity contribution is 7.10. The molecule has 0 spiro atoms. The molecule has 3 heteroatoms. The average Bonchev–Trinajstić information content (AvgIpc) is 2.78. The van der Waals surface area contributed by atoms with E-state index in [1.54, 1.807) is 11.4 Å². The van der Waals surface area contributed by atoms with Crippen LogP contribution < -0.4 is 0 Å². The summed E-state index contributed by atoms with van der Waals surface area (Å²) in [6, 6.07) is 11.1. The Morgan fingerprint density at radius 3 is 2.60 bits per heavy atom. The van der Waals surface area contributed by atoms with Gasteiger partial charge >= 0.3 is 0 Å². The summed E-state index contributed by atoms with van der Waals surface area (Å²) in [6.07, 6.45) is 0.155. The molecule has 76 valence electrons. The molecule has 0 bridgehead atoms. The van der Waals surface area contributed by atoms with E-state index < -0.39 is 6.10 Å². The summed E-state index contributed by atoms with van der Waals surface area (Å²) < 4.78 is 0. The number of thiophene rings is 1. The van der Waals surface area contributed by atoms with Crippen LogP contribution in [-0.2, 0) is 0 Å². The van der Waals surface area contributed by atoms with E-state index in [1.807, 2.05) is 30.3 Å². The second-order valence-corrected chi connectivity index (χ2v) is 4.16. The number of aldehydes is 1. The molecule has 0 fully saturated rings. The highest BCUT2D eigenvalue weighted by Crippen LogP contribution is 2.26. The maximum absolute atomic E-state index is 10.5. The van der Waals surface area contributed by atoms with Gasteiger partial charge in [0.25, 0.3) is 0 Å². The lowest BCUT2D eigenvalue weighted by atomic mass is 10.1. The van der Waals surface area contributed by atoms with Crippen molar-refractivity contribution in [3.63, 3.8) is 0 Å². The fraction of sp³-hybridized carbons (Fsp3) is 0.0833. The quantitative estimate of drug-likeness (QED) is 0.804. The zero-order valence-corrected chi connectivity index (χ0v) is 8.78. The van der Waals surface area contributed by atoms with Crippen molar-refractivity contribution in [3.05, 3.63) is 57.8 Å². The van der Waals surface area contributed by atoms with Crippen molar-refractivity contribution in [2.75, 3.05) is 0 Å². The molecule has 0 amide bonds. The van der Waals surface area contributed by atoms with Crippen LogP contribution in [0.25, 0.3) is 0 Å². The zero-order chi connectivity index (χ0) is 10.7. The number of hydrogen-bond acceptors (Lipinski definition) is 3. The Morgan fingerprint density at radius 1 is 1.27 bits per heavy atom. The van der Waals surface area contributed by atoms with Crippen LogP contribution in [0.15, 0.2) is 41.8 Å². The van der Waals surface area contributed by atoms with E-state index >= 15 is 0 Å². The molecule has 2 nitrogen and oxygen atoms in total. The second-order valence-electron chi connectivity index (χ2n) is 3.21. The summed E-state index contributed by atoms with van der Waals surface area (Å²) in [5.74, 6) is 0. The van der Waals surface area contributed by atoms with Crippen molar-refractivity contribution < 1.29 is 9.90 Å². The lowest BCUT2D eigenvalue weighted by Crippen LogP contribution is -1.95. The number of benzene rings is 1. The lowest BCUT2D eigenvalue weighted by molar-refractivity contribution is 0.112. The van der Waals surface area contributed by atoms with Gasteiger partial charge in [0.2, 0.25) is 0 Å². The minimum atomic E-state index is -0.634. The molecule has 1 heterocycles. The number of rotatable bonds is 3. The number of carbonyl (C=O) groups excluding carboxylic acids is 1. The molecular formula is C12H10O2S. The van der Waals surface area contributed by atoms with Crippen LogP contribution in [0.1, 0.15) is 26.9 Å². The summed E-state index contributed by atoms with van der Waals surface area (Å²) >= 11 is 1.40. The van der Waals surface area contributed by atoms with Gasteiger partial charge in [0.15, 0.2) is 6.29 Å². The third-order valence-electron chi connectivity index (χ3n) is 2.16. The SMILES string of the molecule is O=Cc1csc(C(O)c2ccccc2)c1. The molecule has 2 aromatic rings. The topological polar surface area (TPSA) is 37.3 Å². The molecule has 15 heavy (non-hydrogen) atoms. The van der Waals surface area contributed by atoms with Crippen molar-refractivity contribution in [2.24, 2.45) is 0 Å². The summed E-state index contributed by atoms with van der Waals surface area (Å²) in [4.78, 5) is 11.3. The third kappa shape index (κ3) is 2.14. The van der Waals surface area contributed by atoms with Crippen LogP contribution in [0.5, 0.6) is 0 Å². The predicted octanol–water partition coefficient (Wildman–Crippen LogP) is 2.64. The monoisotopic (exact) mass is 218 g/mol. The minimum absolute atomic E-state index is 0.616. The fourth-order valence-corrected chi connectivity index (χ4v) is 2.24. The Hall–Kier alpha value is -1.45. The van der Waals surface area contributed by atoms with Gasteiger partial charge in [-0.05, 0) is 11.6 Å². The van der Waals surface area contributed by atoms with Gasteiger partial charge in [0, 0.05) is 15.8 Å². The fourth-order valence-electron chi connectivity index (χ4n) is 1.37. The van der Waals surface area contributed by atoms with E-state index in [4.69, 9.17) is 0 Å². The Kier molecular flexibility index (Phi) is 2.94. The van der Waals surface area contributed by atoms with Crippen LogP contribution in [0.4, 0.5) is 0 Å². The van der Waals surface area contributed by atoms with Crippen molar-refractivity contribution in [1.82, 2.24) is 0 Å². The largest absolute Gasteiger partial charge is 0.383 e. The van der Waals surface area contributed by atoms with Crippen LogP contribution in [0.2, 0.25) is 0 Å². The second kappa shape index (κ2) is 4.38. The van der Waals surface area contributed by atoms with E-state index in [2.05, 4.69) is 0 Å². The molecule has 0 aliphatic heterocycles. The maximum atomic E-state index is 10.5. The highest BCUT2D eigenvalue weighted by atomic mass is 32.1. The molecule has 0 saturated carbocycles. The number of aliphatic hydroxyl groups is 1. The number of carbonyl (C=O) groups is 1. The molecule has 1 N–H and O–H groups in total. The predicted molar refractivity (Wildman–Crippen MR) is 60.2 cm³/mol.